The van der Waals surface area contributed by atoms with E-state index < -0.39 is 20.5 Å². The van der Waals surface area contributed by atoms with Gasteiger partial charge in [0.1, 0.15) is 5.75 Å². The minimum atomic E-state index is -1.99. The van der Waals surface area contributed by atoms with E-state index >= 15 is 0 Å². The highest BCUT2D eigenvalue weighted by Crippen LogP contribution is 2.40. The molecule has 264 valence electrons. The van der Waals surface area contributed by atoms with Gasteiger partial charge >= 0.3 is 12.2 Å². The summed E-state index contributed by atoms with van der Waals surface area (Å²) in [7, 11) is -0.411. The second kappa shape index (κ2) is 15.5. The highest BCUT2D eigenvalue weighted by atomic mass is 35.5. The van der Waals surface area contributed by atoms with Crippen LogP contribution >= 0.6 is 11.6 Å². The summed E-state index contributed by atoms with van der Waals surface area (Å²) in [6, 6.07) is 19.3. The topological polar surface area (TPSA) is 101 Å². The number of ether oxygens (including phenoxy) is 2. The Morgan fingerprint density at radius 1 is 1.06 bits per heavy atom. The Labute approximate surface area is 296 Å². The largest absolute Gasteiger partial charge is 0.496 e. The number of methoxy groups -OCH3 is 1. The molecule has 3 aromatic rings. The number of aryl methyl sites for hydroxylation is 1. The number of nitrogens with zero attached hydrogens (tertiary/aromatic N) is 2. The Balaban J connectivity index is 1.23. The Kier molecular flexibility index (Phi) is 11.6. The van der Waals surface area contributed by atoms with Crippen LogP contribution < -0.4 is 15.0 Å². The van der Waals surface area contributed by atoms with Crippen molar-refractivity contribution >= 4 is 43.5 Å². The predicted molar refractivity (Wildman–Crippen MR) is 199 cm³/mol. The summed E-state index contributed by atoms with van der Waals surface area (Å²) in [6.45, 7) is 14.3. The molecule has 0 radical (unpaired) electrons. The maximum atomic E-state index is 12.9. The fourth-order valence-electron chi connectivity index (χ4n) is 6.50. The van der Waals surface area contributed by atoms with Gasteiger partial charge in [-0.15, -0.1) is 0 Å². The van der Waals surface area contributed by atoms with Crippen molar-refractivity contribution in [3.63, 3.8) is 0 Å². The molecule has 3 fully saturated rings. The van der Waals surface area contributed by atoms with Gasteiger partial charge in [-0.3, -0.25) is 10.2 Å². The second-order valence-electron chi connectivity index (χ2n) is 14.6. The average molecular weight is 708 g/mol. The summed E-state index contributed by atoms with van der Waals surface area (Å²) < 4.78 is 17.5. The fraction of sp³-hybridized carbons (Fsp3) is 0.474. The molecule has 0 unspecified atom stereocenters. The van der Waals surface area contributed by atoms with E-state index in [1.54, 1.807) is 24.1 Å². The molecule has 0 aromatic heterocycles. The molecule has 49 heavy (non-hydrogen) atoms. The number of halogens is 1. The minimum Gasteiger partial charge on any atom is -0.496 e. The zero-order valence-corrected chi connectivity index (χ0v) is 31.3. The van der Waals surface area contributed by atoms with E-state index in [-0.39, 0.29) is 17.7 Å². The third-order valence-corrected chi connectivity index (χ3v) is 15.2. The molecule has 9 nitrogen and oxygen atoms in total. The number of hydrogen-bond acceptors (Lipinski definition) is 6. The highest BCUT2D eigenvalue weighted by molar-refractivity contribution is 6.74. The predicted octanol–water partition coefficient (Wildman–Crippen LogP) is 9.30. The molecule has 11 heteroatoms. The molecule has 0 aliphatic carbocycles. The second-order valence-corrected chi connectivity index (χ2v) is 19.8. The van der Waals surface area contributed by atoms with Gasteiger partial charge in [0.05, 0.1) is 42.8 Å². The highest BCUT2D eigenvalue weighted by Gasteiger charge is 2.41. The normalized spacial score (nSPS) is 19.0. The van der Waals surface area contributed by atoms with Gasteiger partial charge in [-0.05, 0) is 86.1 Å². The lowest BCUT2D eigenvalue weighted by molar-refractivity contribution is 0.0837. The van der Waals surface area contributed by atoms with Gasteiger partial charge in [0.25, 0.3) is 0 Å². The number of anilines is 2. The lowest BCUT2D eigenvalue weighted by Crippen LogP contribution is -2.59. The van der Waals surface area contributed by atoms with E-state index in [2.05, 4.69) is 44.1 Å². The number of amides is 2. The van der Waals surface area contributed by atoms with Crippen LogP contribution in [0.5, 0.6) is 5.75 Å². The van der Waals surface area contributed by atoms with Crippen molar-refractivity contribution in [2.45, 2.75) is 77.2 Å². The van der Waals surface area contributed by atoms with Gasteiger partial charge in [0.2, 0.25) is 0 Å². The fourth-order valence-corrected chi connectivity index (χ4v) is 7.68. The molecule has 3 saturated heterocycles. The molecule has 0 spiro atoms. The number of carbonyl (C=O) groups is 2. The minimum absolute atomic E-state index is 0.0646. The van der Waals surface area contributed by atoms with Crippen LogP contribution in [-0.2, 0) is 22.2 Å². The van der Waals surface area contributed by atoms with Gasteiger partial charge in [-0.25, -0.2) is 9.59 Å². The number of nitrogens with one attached hydrogen (secondary N) is 1. The maximum Gasteiger partial charge on any atom is 0.412 e. The summed E-state index contributed by atoms with van der Waals surface area (Å²) in [4.78, 5) is 29.6. The quantitative estimate of drug-likeness (QED) is 0.143. The molecule has 0 saturated carbocycles. The van der Waals surface area contributed by atoms with Crippen molar-refractivity contribution in [1.29, 1.82) is 0 Å². The summed E-state index contributed by atoms with van der Waals surface area (Å²) in [5, 5.41) is 13.7. The summed E-state index contributed by atoms with van der Waals surface area (Å²) in [5.41, 5.74) is 4.75. The van der Waals surface area contributed by atoms with E-state index in [4.69, 9.17) is 25.5 Å². The number of carbonyl (C=O) groups excluding carboxylic acids is 1. The van der Waals surface area contributed by atoms with Crippen molar-refractivity contribution < 1.29 is 28.6 Å². The Morgan fingerprint density at radius 2 is 1.78 bits per heavy atom. The van der Waals surface area contributed by atoms with E-state index in [9.17, 15) is 14.7 Å². The van der Waals surface area contributed by atoms with Crippen LogP contribution in [0.2, 0.25) is 23.2 Å². The molecule has 2 amide bonds. The molecular formula is C38H50ClN3O6Si. The first-order valence-electron chi connectivity index (χ1n) is 17.1. The zero-order chi connectivity index (χ0) is 35.3. The molecular weight excluding hydrogens is 658 g/mol. The Morgan fingerprint density at radius 3 is 2.39 bits per heavy atom. The summed E-state index contributed by atoms with van der Waals surface area (Å²) in [6.07, 6.45) is 1.66. The Hall–Kier alpha value is -3.57. The van der Waals surface area contributed by atoms with E-state index in [0.717, 1.165) is 54.7 Å². The Bertz CT molecular complexity index is 1620. The van der Waals surface area contributed by atoms with E-state index in [0.29, 0.717) is 47.5 Å². The third kappa shape index (κ3) is 8.78. The van der Waals surface area contributed by atoms with Crippen LogP contribution in [0.1, 0.15) is 51.2 Å². The van der Waals surface area contributed by atoms with Crippen LogP contribution in [-0.4, -0.2) is 69.9 Å². The van der Waals surface area contributed by atoms with Gasteiger partial charge in [0.15, 0.2) is 8.32 Å². The van der Waals surface area contributed by atoms with Crippen molar-refractivity contribution in [2.24, 2.45) is 5.92 Å². The van der Waals surface area contributed by atoms with Gasteiger partial charge in [-0.2, -0.15) is 0 Å². The molecule has 2 bridgehead atoms. The van der Waals surface area contributed by atoms with Crippen molar-refractivity contribution in [1.82, 2.24) is 4.90 Å². The number of benzene rings is 3. The van der Waals surface area contributed by atoms with Crippen molar-refractivity contribution in [3.8, 4) is 16.9 Å². The van der Waals surface area contributed by atoms with Crippen LogP contribution in [0.25, 0.3) is 11.1 Å². The number of rotatable bonds is 12. The average Bonchev–Trinajstić information content (AvgIpc) is 3.07. The van der Waals surface area contributed by atoms with Crippen molar-refractivity contribution in [2.75, 3.05) is 43.6 Å². The van der Waals surface area contributed by atoms with Gasteiger partial charge in [0, 0.05) is 23.7 Å². The zero-order valence-electron chi connectivity index (χ0n) is 29.6. The smallest absolute Gasteiger partial charge is 0.412 e. The van der Waals surface area contributed by atoms with Crippen molar-refractivity contribution in [3.05, 3.63) is 76.8 Å². The molecule has 3 aliphatic heterocycles. The first-order valence-corrected chi connectivity index (χ1v) is 20.4. The van der Waals surface area contributed by atoms with Gasteiger partial charge in [-0.1, -0.05) is 74.8 Å². The lowest BCUT2D eigenvalue weighted by atomic mass is 9.82. The maximum absolute atomic E-state index is 12.9. The monoisotopic (exact) mass is 707 g/mol. The molecule has 3 heterocycles. The summed E-state index contributed by atoms with van der Waals surface area (Å²) >= 11 is 6.56. The molecule has 6 rings (SSSR count). The first-order chi connectivity index (χ1) is 23.3. The van der Waals surface area contributed by atoms with Crippen LogP contribution in [0.3, 0.4) is 0 Å². The third-order valence-electron chi connectivity index (χ3n) is 10.4. The van der Waals surface area contributed by atoms with Gasteiger partial charge < -0.3 is 23.9 Å². The molecule has 2 N–H and O–H groups in total. The molecule has 3 aliphatic rings. The lowest BCUT2D eigenvalue weighted by Gasteiger charge is -2.48. The van der Waals surface area contributed by atoms with Crippen LogP contribution in [0, 0.1) is 5.92 Å². The standard InChI is InChI=1S/C38H50ClN3O6Si/c1-38(2,3)49(5,6)48-25-29-22-31(39)32(23-35(29)46-4)40-36(43)47-20-10-11-26-14-15-30(27-12-8-7-9-13-27)33(21-26)42(37(44)45)34-24-41-18-16-28(34)17-19-41/h7-9,12-15,21-23,28,34H,10-11,16-20,24-25H2,1-6H3,(H,40,43)(H,44,45)/t34-/m0/s1. The molecule has 3 aromatic carbocycles. The number of piperidine rings is 3. The van der Waals surface area contributed by atoms with E-state index in [1.165, 1.54) is 0 Å². The number of carboxylic acid groups (broad SMARTS) is 1. The first kappa shape index (κ1) is 36.7. The molecule has 1 atom stereocenters. The number of fused-ring (bicyclic) bond motifs is 3. The SMILES string of the molecule is COc1cc(NC(=O)OCCCc2ccc(-c3ccccc3)c(N(C(=O)O)[C@H]3CN4CCC3CC4)c2)c(Cl)cc1CO[Si](C)(C)C(C)(C)C. The van der Waals surface area contributed by atoms with E-state index in [1.807, 2.05) is 48.5 Å². The summed E-state index contributed by atoms with van der Waals surface area (Å²) in [5.74, 6) is 0.919. The van der Waals surface area contributed by atoms with Crippen LogP contribution in [0.4, 0.5) is 21.0 Å². The van der Waals surface area contributed by atoms with Crippen LogP contribution in [0.15, 0.2) is 60.7 Å². The number of hydrogen-bond donors (Lipinski definition) is 2.